The number of carbonyl (C=O) groups is 1. The third-order valence-electron chi connectivity index (χ3n) is 4.36. The molecule has 1 aromatic heterocycles. The molecule has 2 aromatic carbocycles. The highest BCUT2D eigenvalue weighted by molar-refractivity contribution is 5.82. The van der Waals surface area contributed by atoms with Crippen molar-refractivity contribution in [2.75, 3.05) is 6.61 Å². The fourth-order valence-corrected chi connectivity index (χ4v) is 2.89. The third kappa shape index (κ3) is 3.26. The number of benzene rings is 2. The molecule has 26 heavy (non-hydrogen) atoms. The van der Waals surface area contributed by atoms with Gasteiger partial charge in [-0.3, -0.25) is 4.79 Å². The monoisotopic (exact) mass is 349 g/mol. The molecule has 0 radical (unpaired) electrons. The lowest BCUT2D eigenvalue weighted by molar-refractivity contribution is -0.131. The van der Waals surface area contributed by atoms with Gasteiger partial charge >= 0.3 is 0 Å². The summed E-state index contributed by atoms with van der Waals surface area (Å²) in [6.45, 7) is 2.15. The van der Waals surface area contributed by atoms with Crippen LogP contribution in [-0.2, 0) is 4.79 Å². The fraction of sp³-hybridized carbons (Fsp3) is 0.200. The van der Waals surface area contributed by atoms with E-state index in [1.807, 2.05) is 60.2 Å². The van der Waals surface area contributed by atoms with Crippen LogP contribution in [-0.4, -0.2) is 28.2 Å². The third-order valence-corrected chi connectivity index (χ3v) is 4.36. The van der Waals surface area contributed by atoms with E-state index >= 15 is 0 Å². The second-order valence-corrected chi connectivity index (χ2v) is 6.16. The molecule has 6 heteroatoms. The zero-order chi connectivity index (χ0) is 17.9. The van der Waals surface area contributed by atoms with Crippen molar-refractivity contribution >= 4 is 5.91 Å². The Morgan fingerprint density at radius 3 is 2.69 bits per heavy atom. The summed E-state index contributed by atoms with van der Waals surface area (Å²) < 4.78 is 13.3. The van der Waals surface area contributed by atoms with Crippen molar-refractivity contribution in [3.05, 3.63) is 72.8 Å². The number of para-hydroxylation sites is 2. The molecule has 3 aromatic rings. The molecular formula is C20H19N3O3. The number of nitrogens with one attached hydrogen (secondary N) is 1. The molecule has 2 heterocycles. The first-order chi connectivity index (χ1) is 12.7. The minimum Gasteiger partial charge on any atom is -0.485 e. The molecule has 0 spiro atoms. The first-order valence-electron chi connectivity index (χ1n) is 8.48. The number of hydrogen-bond acceptors (Lipinski definition) is 4. The summed E-state index contributed by atoms with van der Waals surface area (Å²) in [7, 11) is 0. The molecule has 4 rings (SSSR count). The summed E-state index contributed by atoms with van der Waals surface area (Å²) >= 11 is 0. The number of carbonyl (C=O) groups excluding carboxylic acids is 1. The molecular weight excluding hydrogens is 330 g/mol. The second kappa shape index (κ2) is 6.92. The summed E-state index contributed by atoms with van der Waals surface area (Å²) in [5.74, 6) is 1.07. The molecule has 0 saturated carbocycles. The van der Waals surface area contributed by atoms with Gasteiger partial charge < -0.3 is 19.4 Å². The van der Waals surface area contributed by atoms with Crippen LogP contribution in [0.5, 0.6) is 11.5 Å². The van der Waals surface area contributed by atoms with E-state index in [0.717, 1.165) is 11.3 Å². The first-order valence-corrected chi connectivity index (χ1v) is 8.48. The lowest BCUT2D eigenvalue weighted by atomic mass is 10.1. The van der Waals surface area contributed by atoms with E-state index in [1.54, 1.807) is 18.6 Å². The van der Waals surface area contributed by atoms with Crippen LogP contribution in [0.15, 0.2) is 67.3 Å². The van der Waals surface area contributed by atoms with Gasteiger partial charge in [0.2, 0.25) is 6.10 Å². The van der Waals surface area contributed by atoms with E-state index in [0.29, 0.717) is 11.5 Å². The number of ether oxygens (including phenoxy) is 2. The van der Waals surface area contributed by atoms with E-state index in [1.165, 1.54) is 0 Å². The Balaban J connectivity index is 1.40. The van der Waals surface area contributed by atoms with Gasteiger partial charge in [0.05, 0.1) is 12.4 Å². The van der Waals surface area contributed by atoms with E-state index in [4.69, 9.17) is 9.47 Å². The number of imidazole rings is 1. The molecule has 1 aliphatic heterocycles. The maximum absolute atomic E-state index is 12.5. The van der Waals surface area contributed by atoms with Gasteiger partial charge in [0.1, 0.15) is 6.61 Å². The number of amides is 1. The van der Waals surface area contributed by atoms with Crippen molar-refractivity contribution in [3.8, 4) is 17.2 Å². The molecule has 0 fully saturated rings. The van der Waals surface area contributed by atoms with Crippen LogP contribution in [0.1, 0.15) is 18.5 Å². The summed E-state index contributed by atoms with van der Waals surface area (Å²) in [5, 5.41) is 2.99. The lowest BCUT2D eigenvalue weighted by Crippen LogP contribution is -2.44. The van der Waals surface area contributed by atoms with Gasteiger partial charge in [0.25, 0.3) is 5.91 Å². The molecule has 0 bridgehead atoms. The van der Waals surface area contributed by atoms with Gasteiger partial charge in [-0.25, -0.2) is 4.98 Å². The van der Waals surface area contributed by atoms with E-state index in [9.17, 15) is 4.79 Å². The van der Waals surface area contributed by atoms with Crippen LogP contribution >= 0.6 is 0 Å². The number of fused-ring (bicyclic) bond motifs is 1. The van der Waals surface area contributed by atoms with Crippen molar-refractivity contribution in [1.82, 2.24) is 14.9 Å². The van der Waals surface area contributed by atoms with Crippen LogP contribution in [0.3, 0.4) is 0 Å². The highest BCUT2D eigenvalue weighted by atomic mass is 16.6. The summed E-state index contributed by atoms with van der Waals surface area (Å²) in [6.07, 6.45) is 4.72. The molecule has 6 nitrogen and oxygen atoms in total. The molecule has 1 N–H and O–H groups in total. The zero-order valence-corrected chi connectivity index (χ0v) is 14.3. The molecule has 0 unspecified atom stereocenters. The highest BCUT2D eigenvalue weighted by Crippen LogP contribution is 2.31. The van der Waals surface area contributed by atoms with Gasteiger partial charge in [-0.05, 0) is 36.8 Å². The SMILES string of the molecule is C[C@H](NC(=O)[C@@H]1COc2ccccc2O1)c1ccc(-n2ccnc2)cc1. The Labute approximate surface area is 151 Å². The normalized spacial score (nSPS) is 16.7. The zero-order valence-electron chi connectivity index (χ0n) is 14.3. The van der Waals surface area contributed by atoms with Crippen LogP contribution in [0.4, 0.5) is 0 Å². The van der Waals surface area contributed by atoms with Crippen LogP contribution < -0.4 is 14.8 Å². The predicted octanol–water partition coefficient (Wildman–Crippen LogP) is 2.89. The Hall–Kier alpha value is -3.28. The average Bonchev–Trinajstić information content (AvgIpc) is 3.22. The number of nitrogens with zero attached hydrogens (tertiary/aromatic N) is 2. The lowest BCUT2D eigenvalue weighted by Gasteiger charge is -2.26. The number of aromatic nitrogens is 2. The molecule has 132 valence electrons. The number of hydrogen-bond donors (Lipinski definition) is 1. The van der Waals surface area contributed by atoms with Crippen LogP contribution in [0.25, 0.3) is 5.69 Å². The van der Waals surface area contributed by atoms with Crippen molar-refractivity contribution in [2.45, 2.75) is 19.1 Å². The minimum atomic E-state index is -0.655. The average molecular weight is 349 g/mol. The summed E-state index contributed by atoms with van der Waals surface area (Å²) in [6, 6.07) is 15.2. The van der Waals surface area contributed by atoms with Gasteiger partial charge in [-0.1, -0.05) is 24.3 Å². The minimum absolute atomic E-state index is 0.139. The molecule has 0 aliphatic carbocycles. The predicted molar refractivity (Wildman–Crippen MR) is 96.5 cm³/mol. The summed E-state index contributed by atoms with van der Waals surface area (Å²) in [5.41, 5.74) is 2.03. The molecule has 1 aliphatic rings. The second-order valence-electron chi connectivity index (χ2n) is 6.16. The molecule has 1 amide bonds. The van der Waals surface area contributed by atoms with Crippen molar-refractivity contribution in [2.24, 2.45) is 0 Å². The summed E-state index contributed by atoms with van der Waals surface area (Å²) in [4.78, 5) is 16.6. The van der Waals surface area contributed by atoms with Gasteiger partial charge in [0, 0.05) is 18.1 Å². The van der Waals surface area contributed by atoms with E-state index in [2.05, 4.69) is 10.3 Å². The maximum atomic E-state index is 12.5. The topological polar surface area (TPSA) is 65.4 Å². The standard InChI is InChI=1S/C20H19N3O3/c1-14(15-6-8-16(9-7-15)23-11-10-21-13-23)22-20(24)19-12-25-17-4-2-3-5-18(17)26-19/h2-11,13-14,19H,12H2,1H3,(H,22,24)/t14-,19-/m0/s1. The van der Waals surface area contributed by atoms with Crippen LogP contribution in [0, 0.1) is 0 Å². The van der Waals surface area contributed by atoms with Crippen LogP contribution in [0.2, 0.25) is 0 Å². The van der Waals surface area contributed by atoms with Crippen molar-refractivity contribution in [1.29, 1.82) is 0 Å². The van der Waals surface area contributed by atoms with Crippen molar-refractivity contribution in [3.63, 3.8) is 0 Å². The number of rotatable bonds is 4. The highest BCUT2D eigenvalue weighted by Gasteiger charge is 2.28. The van der Waals surface area contributed by atoms with Gasteiger partial charge in [0.15, 0.2) is 11.5 Å². The Bertz CT molecular complexity index is 891. The molecule has 2 atom stereocenters. The quantitative estimate of drug-likeness (QED) is 0.787. The Morgan fingerprint density at radius 2 is 1.96 bits per heavy atom. The fourth-order valence-electron chi connectivity index (χ4n) is 2.89. The first kappa shape index (κ1) is 16.2. The van der Waals surface area contributed by atoms with Crippen molar-refractivity contribution < 1.29 is 14.3 Å². The van der Waals surface area contributed by atoms with E-state index in [-0.39, 0.29) is 18.6 Å². The van der Waals surface area contributed by atoms with Gasteiger partial charge in [-0.15, -0.1) is 0 Å². The van der Waals surface area contributed by atoms with E-state index < -0.39 is 6.10 Å². The molecule has 0 saturated heterocycles. The Kier molecular flexibility index (Phi) is 4.31. The smallest absolute Gasteiger partial charge is 0.265 e. The largest absolute Gasteiger partial charge is 0.485 e. The maximum Gasteiger partial charge on any atom is 0.265 e. The van der Waals surface area contributed by atoms with Gasteiger partial charge in [-0.2, -0.15) is 0 Å². The Morgan fingerprint density at radius 1 is 1.19 bits per heavy atom.